The molecule has 9 heteroatoms. The highest BCUT2D eigenvalue weighted by molar-refractivity contribution is 8.26. The van der Waals surface area contributed by atoms with Crippen LogP contribution in [-0.2, 0) is 4.79 Å². The monoisotopic (exact) mass is 362 g/mol. The summed E-state index contributed by atoms with van der Waals surface area (Å²) in [6, 6.07) is 5.25. The summed E-state index contributed by atoms with van der Waals surface area (Å²) in [6.07, 6.45) is 3.64. The van der Waals surface area contributed by atoms with E-state index in [2.05, 4.69) is 15.6 Å². The standard InChI is InChI=1S/C15H14N4O3S2/c20-7-3-5-16-12-9(8-10-13(21)18-15(23)24-10)14(22)19-6-2-1-4-11(19)17-12/h1-2,4,6,8,16,20H,3,5,7H2,(H,18,21,23). The van der Waals surface area contributed by atoms with E-state index in [9.17, 15) is 9.59 Å². The van der Waals surface area contributed by atoms with E-state index >= 15 is 0 Å². The van der Waals surface area contributed by atoms with E-state index in [4.69, 9.17) is 17.3 Å². The van der Waals surface area contributed by atoms with Gasteiger partial charge in [0.05, 0.1) is 10.5 Å². The van der Waals surface area contributed by atoms with Crippen molar-refractivity contribution in [1.29, 1.82) is 0 Å². The molecule has 0 bridgehead atoms. The van der Waals surface area contributed by atoms with E-state index in [1.165, 1.54) is 10.5 Å². The predicted octanol–water partition coefficient (Wildman–Crippen LogP) is 0.978. The van der Waals surface area contributed by atoms with Crippen LogP contribution in [0.3, 0.4) is 0 Å². The molecule has 0 atom stereocenters. The van der Waals surface area contributed by atoms with Crippen LogP contribution in [0.25, 0.3) is 11.7 Å². The molecule has 0 aliphatic carbocycles. The fraction of sp³-hybridized carbons (Fsp3) is 0.200. The number of carbonyl (C=O) groups is 1. The number of thiocarbonyl (C=S) groups is 1. The second-order valence-electron chi connectivity index (χ2n) is 4.96. The lowest BCUT2D eigenvalue weighted by molar-refractivity contribution is -0.115. The molecule has 24 heavy (non-hydrogen) atoms. The average Bonchev–Trinajstić information content (AvgIpc) is 2.88. The lowest BCUT2D eigenvalue weighted by Crippen LogP contribution is -2.22. The Morgan fingerprint density at radius 1 is 1.42 bits per heavy atom. The Balaban J connectivity index is 2.12. The van der Waals surface area contributed by atoms with E-state index in [-0.39, 0.29) is 23.6 Å². The minimum atomic E-state index is -0.330. The van der Waals surface area contributed by atoms with Gasteiger partial charge in [0.2, 0.25) is 0 Å². The number of nitrogens with one attached hydrogen (secondary N) is 2. The van der Waals surface area contributed by atoms with Crippen LogP contribution in [-0.4, -0.2) is 37.9 Å². The summed E-state index contributed by atoms with van der Waals surface area (Å²) in [5.74, 6) is 0.0437. The number of aromatic nitrogens is 2. The van der Waals surface area contributed by atoms with Crippen LogP contribution < -0.4 is 16.2 Å². The molecule has 1 aliphatic heterocycles. The minimum Gasteiger partial charge on any atom is -0.396 e. The van der Waals surface area contributed by atoms with Crippen molar-refractivity contribution in [2.24, 2.45) is 0 Å². The molecule has 124 valence electrons. The molecule has 0 saturated carbocycles. The molecule has 2 aromatic rings. The molecule has 7 nitrogen and oxygen atoms in total. The fourth-order valence-corrected chi connectivity index (χ4v) is 3.23. The zero-order chi connectivity index (χ0) is 17.1. The fourth-order valence-electron chi connectivity index (χ4n) is 2.21. The van der Waals surface area contributed by atoms with E-state index < -0.39 is 0 Å². The first-order valence-corrected chi connectivity index (χ1v) is 8.43. The van der Waals surface area contributed by atoms with Crippen molar-refractivity contribution in [2.75, 3.05) is 18.5 Å². The number of carbonyl (C=O) groups excluding carboxylic acids is 1. The van der Waals surface area contributed by atoms with Crippen molar-refractivity contribution < 1.29 is 9.90 Å². The van der Waals surface area contributed by atoms with E-state index in [0.29, 0.717) is 33.7 Å². The van der Waals surface area contributed by atoms with Crippen molar-refractivity contribution >= 4 is 51.7 Å². The minimum absolute atomic E-state index is 0.0303. The second-order valence-corrected chi connectivity index (χ2v) is 6.68. The van der Waals surface area contributed by atoms with E-state index in [1.807, 2.05) is 0 Å². The third kappa shape index (κ3) is 3.32. The lowest BCUT2D eigenvalue weighted by atomic mass is 10.2. The molecule has 1 aliphatic rings. The van der Waals surface area contributed by atoms with Gasteiger partial charge in [0.25, 0.3) is 11.5 Å². The molecule has 1 amide bonds. The van der Waals surface area contributed by atoms with E-state index in [1.54, 1.807) is 24.4 Å². The number of rotatable bonds is 5. The highest BCUT2D eigenvalue weighted by atomic mass is 32.2. The number of fused-ring (bicyclic) bond motifs is 1. The Bertz CT molecular complexity index is 907. The van der Waals surface area contributed by atoms with Gasteiger partial charge in [0.15, 0.2) is 0 Å². The molecular weight excluding hydrogens is 348 g/mol. The molecule has 1 saturated heterocycles. The van der Waals surface area contributed by atoms with Crippen LogP contribution in [0.4, 0.5) is 5.82 Å². The smallest absolute Gasteiger partial charge is 0.267 e. The number of amides is 1. The number of hydrogen-bond acceptors (Lipinski definition) is 7. The third-order valence-corrected chi connectivity index (χ3v) is 4.48. The van der Waals surface area contributed by atoms with Crippen LogP contribution in [0.5, 0.6) is 0 Å². The van der Waals surface area contributed by atoms with Gasteiger partial charge in [-0.3, -0.25) is 14.0 Å². The molecule has 3 rings (SSSR count). The number of aliphatic hydroxyl groups excluding tert-OH is 1. The molecule has 1 fully saturated rings. The number of thioether (sulfide) groups is 1. The summed E-state index contributed by atoms with van der Waals surface area (Å²) < 4.78 is 1.77. The summed E-state index contributed by atoms with van der Waals surface area (Å²) in [4.78, 5) is 29.4. The Hall–Kier alpha value is -2.23. The molecule has 0 aromatic carbocycles. The van der Waals surface area contributed by atoms with Crippen molar-refractivity contribution in [3.63, 3.8) is 0 Å². The van der Waals surface area contributed by atoms with Gasteiger partial charge in [-0.1, -0.05) is 30.0 Å². The van der Waals surface area contributed by atoms with Gasteiger partial charge in [-0.2, -0.15) is 0 Å². The molecular formula is C15H14N4O3S2. The van der Waals surface area contributed by atoms with E-state index in [0.717, 1.165) is 11.8 Å². The largest absolute Gasteiger partial charge is 0.396 e. The van der Waals surface area contributed by atoms with Crippen LogP contribution in [0.1, 0.15) is 12.0 Å². The molecule has 3 N–H and O–H groups in total. The Morgan fingerprint density at radius 2 is 2.25 bits per heavy atom. The van der Waals surface area contributed by atoms with Gasteiger partial charge in [-0.25, -0.2) is 4.98 Å². The first kappa shape index (κ1) is 16.6. The number of anilines is 1. The summed E-state index contributed by atoms with van der Waals surface area (Å²) >= 11 is 6.07. The maximum Gasteiger partial charge on any atom is 0.267 e. The van der Waals surface area contributed by atoms with Gasteiger partial charge in [-0.15, -0.1) is 0 Å². The first-order chi connectivity index (χ1) is 11.6. The second kappa shape index (κ2) is 7.12. The van der Waals surface area contributed by atoms with Crippen LogP contribution >= 0.6 is 24.0 Å². The maximum absolute atomic E-state index is 12.8. The summed E-state index contributed by atoms with van der Waals surface area (Å²) in [5.41, 5.74) is 0.486. The maximum atomic E-state index is 12.8. The average molecular weight is 362 g/mol. The van der Waals surface area contributed by atoms with Gasteiger partial charge < -0.3 is 15.7 Å². The first-order valence-electron chi connectivity index (χ1n) is 7.21. The molecule has 3 heterocycles. The van der Waals surface area contributed by atoms with Gasteiger partial charge in [0.1, 0.15) is 15.8 Å². The number of aliphatic hydroxyl groups is 1. The van der Waals surface area contributed by atoms with Crippen LogP contribution in [0.2, 0.25) is 0 Å². The quantitative estimate of drug-likeness (QED) is 0.414. The number of nitrogens with zero attached hydrogens (tertiary/aromatic N) is 2. The predicted molar refractivity (Wildman–Crippen MR) is 98.0 cm³/mol. The van der Waals surface area contributed by atoms with Crippen LogP contribution in [0.15, 0.2) is 34.1 Å². The van der Waals surface area contributed by atoms with Gasteiger partial charge >= 0.3 is 0 Å². The zero-order valence-corrected chi connectivity index (χ0v) is 14.1. The summed E-state index contributed by atoms with van der Waals surface area (Å²) in [7, 11) is 0. The normalized spacial score (nSPS) is 16.0. The Labute approximate surface area is 146 Å². The van der Waals surface area contributed by atoms with Crippen molar-refractivity contribution in [3.05, 3.63) is 45.2 Å². The van der Waals surface area contributed by atoms with Crippen molar-refractivity contribution in [2.45, 2.75) is 6.42 Å². The summed E-state index contributed by atoms with van der Waals surface area (Å²) in [5, 5.41) is 14.5. The molecule has 0 radical (unpaired) electrons. The Kier molecular flexibility index (Phi) is 4.93. The highest BCUT2D eigenvalue weighted by Gasteiger charge is 2.23. The number of hydrogen-bond donors (Lipinski definition) is 3. The van der Waals surface area contributed by atoms with Gasteiger partial charge in [0, 0.05) is 19.3 Å². The van der Waals surface area contributed by atoms with Crippen molar-refractivity contribution in [1.82, 2.24) is 14.7 Å². The molecule has 0 spiro atoms. The number of pyridine rings is 1. The SMILES string of the molecule is O=C1NC(=S)SC1=Cc1c(NCCCO)nc2ccccn2c1=O. The van der Waals surface area contributed by atoms with Crippen LogP contribution in [0, 0.1) is 0 Å². The third-order valence-electron chi connectivity index (χ3n) is 3.31. The molecule has 2 aromatic heterocycles. The van der Waals surface area contributed by atoms with Crippen molar-refractivity contribution in [3.8, 4) is 0 Å². The Morgan fingerprint density at radius 3 is 2.96 bits per heavy atom. The van der Waals surface area contributed by atoms with Gasteiger partial charge in [-0.05, 0) is 24.6 Å². The summed E-state index contributed by atoms with van der Waals surface area (Å²) in [6.45, 7) is 0.488. The zero-order valence-electron chi connectivity index (χ0n) is 12.5. The highest BCUT2D eigenvalue weighted by Crippen LogP contribution is 2.26. The molecule has 0 unspecified atom stereocenters. The topological polar surface area (TPSA) is 95.7 Å². The lowest BCUT2D eigenvalue weighted by Gasteiger charge is -2.10.